The number of nitrogens with zero attached hydrogens (tertiary/aromatic N) is 4. The van der Waals surface area contributed by atoms with E-state index < -0.39 is 17.7 Å². The molecule has 5 rings (SSSR count). The Bertz CT molecular complexity index is 1330. The van der Waals surface area contributed by atoms with Gasteiger partial charge in [-0.2, -0.15) is 23.0 Å². The normalized spacial score (nSPS) is 16.4. The van der Waals surface area contributed by atoms with Crippen LogP contribution in [-0.4, -0.2) is 25.2 Å². The van der Waals surface area contributed by atoms with E-state index in [1.165, 1.54) is 6.07 Å². The summed E-state index contributed by atoms with van der Waals surface area (Å²) in [5.41, 5.74) is 2.70. The van der Waals surface area contributed by atoms with E-state index in [0.717, 1.165) is 23.2 Å². The maximum absolute atomic E-state index is 13.3. The van der Waals surface area contributed by atoms with Crippen LogP contribution in [0.4, 0.5) is 19.0 Å². The van der Waals surface area contributed by atoms with Crippen molar-refractivity contribution >= 4 is 22.8 Å². The second-order valence-corrected chi connectivity index (χ2v) is 7.65. The number of para-hydroxylation sites is 2. The quantitative estimate of drug-likeness (QED) is 0.512. The number of carbonyl (C=O) groups is 1. The van der Waals surface area contributed by atoms with Crippen molar-refractivity contribution < 1.29 is 18.0 Å². The summed E-state index contributed by atoms with van der Waals surface area (Å²) in [6, 6.07) is 12.7. The number of imidazole rings is 1. The number of benzene rings is 2. The Morgan fingerprint density at radius 3 is 2.65 bits per heavy atom. The Balaban J connectivity index is 1.68. The van der Waals surface area contributed by atoms with Gasteiger partial charge in [0.2, 0.25) is 11.9 Å². The first-order chi connectivity index (χ1) is 14.7. The van der Waals surface area contributed by atoms with Gasteiger partial charge in [0.25, 0.3) is 0 Å². The Morgan fingerprint density at radius 1 is 1.13 bits per heavy atom. The van der Waals surface area contributed by atoms with Crippen molar-refractivity contribution in [2.45, 2.75) is 25.4 Å². The fourth-order valence-electron chi connectivity index (χ4n) is 4.23. The van der Waals surface area contributed by atoms with Crippen molar-refractivity contribution in [3.8, 4) is 5.95 Å². The predicted octanol–water partition coefficient (Wildman–Crippen LogP) is 4.56. The van der Waals surface area contributed by atoms with Crippen LogP contribution >= 0.6 is 0 Å². The van der Waals surface area contributed by atoms with Crippen molar-refractivity contribution in [3.05, 3.63) is 70.9 Å². The van der Waals surface area contributed by atoms with Gasteiger partial charge in [0.05, 0.1) is 22.3 Å². The summed E-state index contributed by atoms with van der Waals surface area (Å²) in [4.78, 5) is 17.2. The highest BCUT2D eigenvalue weighted by molar-refractivity contribution is 5.95. The zero-order chi connectivity index (χ0) is 21.9. The minimum Gasteiger partial charge on any atom is -0.311 e. The maximum atomic E-state index is 13.3. The number of aryl methyl sites for hydroxylation is 2. The van der Waals surface area contributed by atoms with Crippen LogP contribution in [0.25, 0.3) is 17.0 Å². The number of hydrogen-bond acceptors (Lipinski definition) is 3. The minimum absolute atomic E-state index is 0.0450. The number of alkyl halides is 3. The second-order valence-electron chi connectivity index (χ2n) is 7.65. The molecule has 0 radical (unpaired) electrons. The van der Waals surface area contributed by atoms with Gasteiger partial charge in [-0.1, -0.05) is 30.3 Å². The molecule has 1 amide bonds. The van der Waals surface area contributed by atoms with E-state index in [0.29, 0.717) is 28.6 Å². The van der Waals surface area contributed by atoms with Crippen LogP contribution < -0.4 is 5.32 Å². The Hall–Kier alpha value is -3.62. The molecule has 1 aliphatic heterocycles. The zero-order valence-corrected chi connectivity index (χ0v) is 16.7. The molecule has 1 aliphatic rings. The first-order valence-electron chi connectivity index (χ1n) is 9.72. The molecule has 2 aromatic carbocycles. The van der Waals surface area contributed by atoms with Gasteiger partial charge in [0, 0.05) is 24.9 Å². The zero-order valence-electron chi connectivity index (χ0n) is 16.7. The van der Waals surface area contributed by atoms with Gasteiger partial charge in [0.15, 0.2) is 0 Å². The number of carbonyl (C=O) groups excluding carboxylic acids is 1. The van der Waals surface area contributed by atoms with E-state index in [-0.39, 0.29) is 12.3 Å². The van der Waals surface area contributed by atoms with E-state index in [1.54, 1.807) is 17.7 Å². The van der Waals surface area contributed by atoms with E-state index >= 15 is 0 Å². The molecule has 1 N–H and O–H groups in total. The fraction of sp³-hybridized carbons (Fsp3) is 0.227. The van der Waals surface area contributed by atoms with E-state index in [4.69, 9.17) is 0 Å². The van der Waals surface area contributed by atoms with Crippen molar-refractivity contribution in [2.24, 2.45) is 7.05 Å². The molecule has 0 saturated heterocycles. The van der Waals surface area contributed by atoms with Crippen LogP contribution in [0.2, 0.25) is 0 Å². The average molecular weight is 425 g/mol. The standard InChI is InChI=1S/C22H18F3N5O/c1-12-19-15(13-6-5-7-14(10-13)22(23,24)25)11-18(31)27-20(19)30(28-12)21-26-16-8-3-4-9-17(16)29(21)2/h3-10,15H,11H2,1-2H3,(H,27,31)/t15-/m0/s1. The lowest BCUT2D eigenvalue weighted by Crippen LogP contribution is -2.25. The third-order valence-electron chi connectivity index (χ3n) is 5.67. The van der Waals surface area contributed by atoms with E-state index in [9.17, 15) is 18.0 Å². The number of amides is 1. The van der Waals surface area contributed by atoms with Crippen LogP contribution in [0, 0.1) is 6.92 Å². The number of nitrogens with one attached hydrogen (secondary N) is 1. The first-order valence-corrected chi connectivity index (χ1v) is 9.72. The number of anilines is 1. The van der Waals surface area contributed by atoms with Gasteiger partial charge in [-0.15, -0.1) is 0 Å². The van der Waals surface area contributed by atoms with Crippen LogP contribution in [-0.2, 0) is 18.0 Å². The largest absolute Gasteiger partial charge is 0.416 e. The van der Waals surface area contributed by atoms with Crippen LogP contribution in [0.1, 0.15) is 34.7 Å². The number of aromatic nitrogens is 4. The molecule has 0 saturated carbocycles. The van der Waals surface area contributed by atoms with Crippen molar-refractivity contribution in [3.63, 3.8) is 0 Å². The number of halogens is 3. The molecular weight excluding hydrogens is 407 g/mol. The lowest BCUT2D eigenvalue weighted by molar-refractivity contribution is -0.137. The van der Waals surface area contributed by atoms with Crippen molar-refractivity contribution in [1.29, 1.82) is 0 Å². The van der Waals surface area contributed by atoms with Crippen LogP contribution in [0.15, 0.2) is 48.5 Å². The summed E-state index contributed by atoms with van der Waals surface area (Å²) < 4.78 is 43.2. The van der Waals surface area contributed by atoms with E-state index in [2.05, 4.69) is 15.4 Å². The third-order valence-corrected chi connectivity index (χ3v) is 5.67. The van der Waals surface area contributed by atoms with Crippen molar-refractivity contribution in [2.75, 3.05) is 5.32 Å². The van der Waals surface area contributed by atoms with Gasteiger partial charge < -0.3 is 9.88 Å². The average Bonchev–Trinajstić information content (AvgIpc) is 3.24. The summed E-state index contributed by atoms with van der Waals surface area (Å²) in [5, 5.41) is 7.45. The maximum Gasteiger partial charge on any atom is 0.416 e. The summed E-state index contributed by atoms with van der Waals surface area (Å²) in [7, 11) is 1.85. The number of rotatable bonds is 2. The third kappa shape index (κ3) is 3.08. The SMILES string of the molecule is Cc1nn(-c2nc3ccccc3n2C)c2c1[C@H](c1cccc(C(F)(F)F)c1)CC(=O)N2. The van der Waals surface area contributed by atoms with Crippen LogP contribution in [0.3, 0.4) is 0 Å². The summed E-state index contributed by atoms with van der Waals surface area (Å²) in [5.74, 6) is 0.134. The molecule has 4 aromatic rings. The molecule has 1 atom stereocenters. The first kappa shape index (κ1) is 19.3. The minimum atomic E-state index is -4.46. The Morgan fingerprint density at radius 2 is 1.90 bits per heavy atom. The van der Waals surface area contributed by atoms with E-state index in [1.807, 2.05) is 35.9 Å². The molecule has 158 valence electrons. The molecule has 2 aromatic heterocycles. The molecule has 0 aliphatic carbocycles. The molecule has 0 spiro atoms. The molecule has 0 unspecified atom stereocenters. The highest BCUT2D eigenvalue weighted by Gasteiger charge is 2.36. The topological polar surface area (TPSA) is 64.7 Å². The molecule has 3 heterocycles. The van der Waals surface area contributed by atoms with Crippen molar-refractivity contribution in [1.82, 2.24) is 19.3 Å². The van der Waals surface area contributed by atoms with Gasteiger partial charge in [0.1, 0.15) is 5.82 Å². The van der Waals surface area contributed by atoms with Gasteiger partial charge in [-0.3, -0.25) is 4.79 Å². The predicted molar refractivity (Wildman–Crippen MR) is 109 cm³/mol. The van der Waals surface area contributed by atoms with Gasteiger partial charge in [-0.05, 0) is 30.7 Å². The van der Waals surface area contributed by atoms with Gasteiger partial charge >= 0.3 is 6.18 Å². The highest BCUT2D eigenvalue weighted by atomic mass is 19.4. The summed E-state index contributed by atoms with van der Waals surface area (Å²) in [6.07, 6.45) is -4.41. The highest BCUT2D eigenvalue weighted by Crippen LogP contribution is 2.41. The molecule has 31 heavy (non-hydrogen) atoms. The molecular formula is C22H18F3N5O. The Labute approximate surface area is 175 Å². The lowest BCUT2D eigenvalue weighted by Gasteiger charge is -2.24. The molecule has 6 nitrogen and oxygen atoms in total. The van der Waals surface area contributed by atoms with Crippen LogP contribution in [0.5, 0.6) is 0 Å². The lowest BCUT2D eigenvalue weighted by atomic mass is 9.85. The smallest absolute Gasteiger partial charge is 0.311 e. The summed E-state index contributed by atoms with van der Waals surface area (Å²) in [6.45, 7) is 1.79. The number of fused-ring (bicyclic) bond motifs is 2. The Kier molecular flexibility index (Phi) is 4.18. The molecule has 9 heteroatoms. The monoisotopic (exact) mass is 425 g/mol. The number of hydrogen-bond donors (Lipinski definition) is 1. The second kappa shape index (κ2) is 6.69. The fourth-order valence-corrected chi connectivity index (χ4v) is 4.23. The van der Waals surface area contributed by atoms with Gasteiger partial charge in [-0.25, -0.2) is 4.98 Å². The summed E-state index contributed by atoms with van der Waals surface area (Å²) >= 11 is 0. The molecule has 0 bridgehead atoms. The molecule has 0 fully saturated rings.